The summed E-state index contributed by atoms with van der Waals surface area (Å²) in [6.45, 7) is 1.87. The fraction of sp³-hybridized carbons (Fsp3) is 0.0870. The van der Waals surface area contributed by atoms with Crippen molar-refractivity contribution in [2.24, 2.45) is 0 Å². The topological polar surface area (TPSA) is 39.4 Å². The van der Waals surface area contributed by atoms with Gasteiger partial charge < -0.3 is 9.15 Å². The Kier molecular flexibility index (Phi) is 4.88. The molecule has 5 heteroatoms. The standard InChI is InChI=1S/C23H16ClFO3/c1-14-17-12-16(27-13-18-19(24)8-5-9-20(18)25)10-11-21(17)28-23(26)22(14)15-6-3-2-4-7-15/h2-12H,13H2,1H3. The van der Waals surface area contributed by atoms with Gasteiger partial charge in [-0.25, -0.2) is 9.18 Å². The Hall–Kier alpha value is -3.11. The van der Waals surface area contributed by atoms with Gasteiger partial charge in [-0.1, -0.05) is 48.0 Å². The lowest BCUT2D eigenvalue weighted by Crippen LogP contribution is -2.06. The Morgan fingerprint density at radius 2 is 1.82 bits per heavy atom. The molecular formula is C23H16ClFO3. The Morgan fingerprint density at radius 1 is 1.04 bits per heavy atom. The molecule has 4 rings (SSSR count). The first-order valence-corrected chi connectivity index (χ1v) is 9.11. The molecule has 0 saturated heterocycles. The summed E-state index contributed by atoms with van der Waals surface area (Å²) < 4.78 is 25.2. The SMILES string of the molecule is Cc1c(-c2ccccc2)c(=O)oc2ccc(OCc3c(F)cccc3Cl)cc12. The molecule has 0 bridgehead atoms. The van der Waals surface area contributed by atoms with E-state index >= 15 is 0 Å². The Bertz CT molecular complexity index is 1200. The third kappa shape index (κ3) is 3.39. The van der Waals surface area contributed by atoms with Crippen molar-refractivity contribution in [3.63, 3.8) is 0 Å². The molecule has 0 amide bonds. The zero-order chi connectivity index (χ0) is 19.7. The average Bonchev–Trinajstić information content (AvgIpc) is 2.69. The molecule has 0 fully saturated rings. The summed E-state index contributed by atoms with van der Waals surface area (Å²) in [6, 6.07) is 19.0. The molecule has 28 heavy (non-hydrogen) atoms. The van der Waals surface area contributed by atoms with E-state index in [1.165, 1.54) is 6.07 Å². The normalized spacial score (nSPS) is 11.0. The largest absolute Gasteiger partial charge is 0.489 e. The minimum absolute atomic E-state index is 0.00160. The zero-order valence-corrected chi connectivity index (χ0v) is 15.8. The van der Waals surface area contributed by atoms with Crippen LogP contribution in [0.3, 0.4) is 0 Å². The van der Waals surface area contributed by atoms with Crippen molar-refractivity contribution >= 4 is 22.6 Å². The lowest BCUT2D eigenvalue weighted by Gasteiger charge is -2.11. The third-order valence-corrected chi connectivity index (χ3v) is 5.00. The van der Waals surface area contributed by atoms with Crippen LogP contribution < -0.4 is 10.4 Å². The Morgan fingerprint density at radius 3 is 2.57 bits per heavy atom. The van der Waals surface area contributed by atoms with Crippen LogP contribution in [-0.4, -0.2) is 0 Å². The van der Waals surface area contributed by atoms with E-state index in [-0.39, 0.29) is 12.2 Å². The highest BCUT2D eigenvalue weighted by Gasteiger charge is 2.14. The van der Waals surface area contributed by atoms with Gasteiger partial charge in [-0.15, -0.1) is 0 Å². The van der Waals surface area contributed by atoms with E-state index in [1.54, 1.807) is 30.3 Å². The predicted molar refractivity (Wildman–Crippen MR) is 108 cm³/mol. The highest BCUT2D eigenvalue weighted by atomic mass is 35.5. The molecular weight excluding hydrogens is 379 g/mol. The molecule has 0 N–H and O–H groups in total. The van der Waals surface area contributed by atoms with Crippen LogP contribution in [0, 0.1) is 12.7 Å². The predicted octanol–water partition coefficient (Wildman–Crippen LogP) is 6.14. The van der Waals surface area contributed by atoms with Crippen molar-refractivity contribution in [2.75, 3.05) is 0 Å². The van der Waals surface area contributed by atoms with Gasteiger partial charge in [0.25, 0.3) is 0 Å². The highest BCUT2D eigenvalue weighted by molar-refractivity contribution is 6.31. The lowest BCUT2D eigenvalue weighted by atomic mass is 9.99. The van der Waals surface area contributed by atoms with Gasteiger partial charge in [0.1, 0.15) is 23.8 Å². The Labute approximate surface area is 166 Å². The number of rotatable bonds is 4. The maximum atomic E-state index is 13.9. The summed E-state index contributed by atoms with van der Waals surface area (Å²) in [7, 11) is 0. The van der Waals surface area contributed by atoms with Crippen molar-refractivity contribution in [3.05, 3.63) is 99.1 Å². The molecule has 0 unspecified atom stereocenters. The van der Waals surface area contributed by atoms with E-state index in [0.717, 1.165) is 16.5 Å². The van der Waals surface area contributed by atoms with Crippen LogP contribution in [0.2, 0.25) is 5.02 Å². The van der Waals surface area contributed by atoms with Crippen molar-refractivity contribution in [1.82, 2.24) is 0 Å². The summed E-state index contributed by atoms with van der Waals surface area (Å²) >= 11 is 6.05. The van der Waals surface area contributed by atoms with Crippen molar-refractivity contribution in [1.29, 1.82) is 0 Å². The van der Waals surface area contributed by atoms with E-state index < -0.39 is 5.82 Å². The number of hydrogen-bond acceptors (Lipinski definition) is 3. The molecule has 0 saturated carbocycles. The van der Waals surface area contributed by atoms with E-state index in [4.69, 9.17) is 20.8 Å². The first-order valence-electron chi connectivity index (χ1n) is 8.73. The fourth-order valence-corrected chi connectivity index (χ4v) is 3.40. The van der Waals surface area contributed by atoms with E-state index in [1.807, 2.05) is 37.3 Å². The number of aryl methyl sites for hydroxylation is 1. The van der Waals surface area contributed by atoms with Crippen molar-refractivity contribution in [2.45, 2.75) is 13.5 Å². The summed E-state index contributed by atoms with van der Waals surface area (Å²) in [6.07, 6.45) is 0. The zero-order valence-electron chi connectivity index (χ0n) is 15.0. The number of fused-ring (bicyclic) bond motifs is 1. The van der Waals surface area contributed by atoms with Gasteiger partial charge in [0.05, 0.1) is 10.6 Å². The van der Waals surface area contributed by atoms with Crippen LogP contribution >= 0.6 is 11.6 Å². The Balaban J connectivity index is 1.73. The van der Waals surface area contributed by atoms with Crippen LogP contribution in [0.5, 0.6) is 5.75 Å². The van der Waals surface area contributed by atoms with Gasteiger partial charge in [0, 0.05) is 10.9 Å². The maximum absolute atomic E-state index is 13.9. The van der Waals surface area contributed by atoms with E-state index in [9.17, 15) is 9.18 Å². The van der Waals surface area contributed by atoms with Gasteiger partial charge in [0.15, 0.2) is 0 Å². The summed E-state index contributed by atoms with van der Waals surface area (Å²) in [5, 5.41) is 1.07. The number of ether oxygens (including phenoxy) is 1. The monoisotopic (exact) mass is 394 g/mol. The highest BCUT2D eigenvalue weighted by Crippen LogP contribution is 2.30. The second kappa shape index (κ2) is 7.49. The average molecular weight is 395 g/mol. The lowest BCUT2D eigenvalue weighted by molar-refractivity contribution is 0.300. The van der Waals surface area contributed by atoms with E-state index in [0.29, 0.717) is 27.5 Å². The summed E-state index contributed by atoms with van der Waals surface area (Å²) in [5.41, 5.74) is 2.49. The minimum atomic E-state index is -0.415. The van der Waals surface area contributed by atoms with Gasteiger partial charge in [0.2, 0.25) is 0 Å². The van der Waals surface area contributed by atoms with Gasteiger partial charge >= 0.3 is 5.63 Å². The quantitative estimate of drug-likeness (QED) is 0.390. The van der Waals surface area contributed by atoms with Gasteiger partial charge in [-0.3, -0.25) is 0 Å². The molecule has 0 radical (unpaired) electrons. The fourth-order valence-electron chi connectivity index (χ4n) is 3.18. The molecule has 1 aromatic heterocycles. The first kappa shape index (κ1) is 18.3. The van der Waals surface area contributed by atoms with E-state index in [2.05, 4.69) is 0 Å². The number of halogens is 2. The molecule has 0 aliphatic rings. The van der Waals surface area contributed by atoms with Crippen molar-refractivity contribution in [3.8, 4) is 16.9 Å². The smallest absolute Gasteiger partial charge is 0.344 e. The van der Waals surface area contributed by atoms with Crippen molar-refractivity contribution < 1.29 is 13.5 Å². The molecule has 140 valence electrons. The molecule has 0 spiro atoms. The first-order chi connectivity index (χ1) is 13.5. The molecule has 1 heterocycles. The number of hydrogen-bond donors (Lipinski definition) is 0. The molecule has 4 aromatic rings. The second-order valence-electron chi connectivity index (χ2n) is 6.40. The number of benzene rings is 3. The minimum Gasteiger partial charge on any atom is -0.489 e. The van der Waals surface area contributed by atoms with Crippen LogP contribution in [0.15, 0.2) is 75.9 Å². The molecule has 3 nitrogen and oxygen atoms in total. The second-order valence-corrected chi connectivity index (χ2v) is 6.81. The molecule has 0 aliphatic heterocycles. The maximum Gasteiger partial charge on any atom is 0.344 e. The molecule has 3 aromatic carbocycles. The van der Waals surface area contributed by atoms with Gasteiger partial charge in [-0.05, 0) is 48.4 Å². The van der Waals surface area contributed by atoms with Crippen LogP contribution in [-0.2, 0) is 6.61 Å². The third-order valence-electron chi connectivity index (χ3n) is 4.64. The van der Waals surface area contributed by atoms with Gasteiger partial charge in [-0.2, -0.15) is 0 Å². The summed E-state index contributed by atoms with van der Waals surface area (Å²) in [5.74, 6) is 0.115. The van der Waals surface area contributed by atoms with Crippen LogP contribution in [0.1, 0.15) is 11.1 Å². The van der Waals surface area contributed by atoms with Crippen LogP contribution in [0.25, 0.3) is 22.1 Å². The summed E-state index contributed by atoms with van der Waals surface area (Å²) in [4.78, 5) is 12.5. The molecule has 0 atom stereocenters. The van der Waals surface area contributed by atoms with Crippen LogP contribution in [0.4, 0.5) is 4.39 Å². The molecule has 0 aliphatic carbocycles.